The lowest BCUT2D eigenvalue weighted by Crippen LogP contribution is -2.03. The Balaban J connectivity index is 0.000000397. The first-order valence-corrected chi connectivity index (χ1v) is 7.98. The van der Waals surface area contributed by atoms with Gasteiger partial charge in [0.15, 0.2) is 12.4 Å². The lowest BCUT2D eigenvalue weighted by atomic mass is 10.1. The van der Waals surface area contributed by atoms with Gasteiger partial charge in [-0.25, -0.2) is 13.4 Å². The monoisotopic (exact) mass is 273 g/mol. The zero-order valence-corrected chi connectivity index (χ0v) is 11.8. The van der Waals surface area contributed by atoms with Crippen LogP contribution in [-0.4, -0.2) is 18.7 Å². The number of rotatable bonds is 7. The van der Waals surface area contributed by atoms with Crippen molar-refractivity contribution in [3.8, 4) is 0 Å². The molecule has 0 unspecified atom stereocenters. The predicted octanol–water partition coefficient (Wildman–Crippen LogP) is 2.39. The summed E-state index contributed by atoms with van der Waals surface area (Å²) in [5.41, 5.74) is 0. The minimum absolute atomic E-state index is 0.195. The fourth-order valence-electron chi connectivity index (χ4n) is 1.40. The van der Waals surface area contributed by atoms with Gasteiger partial charge in [-0.3, -0.25) is 0 Å². The van der Waals surface area contributed by atoms with Crippen LogP contribution in [0.2, 0.25) is 0 Å². The molecule has 1 rings (SSSR count). The van der Waals surface area contributed by atoms with Crippen LogP contribution in [0.3, 0.4) is 0 Å². The highest BCUT2D eigenvalue weighted by Crippen LogP contribution is 2.05. The van der Waals surface area contributed by atoms with E-state index >= 15 is 0 Å². The number of H-pyrrole nitrogens is 1. The smallest absolute Gasteiger partial charge is 0.166 e. The van der Waals surface area contributed by atoms with Gasteiger partial charge in [0.1, 0.15) is 0 Å². The van der Waals surface area contributed by atoms with Gasteiger partial charge in [-0.2, -0.15) is 0 Å². The second kappa shape index (κ2) is 11.2. The largest absolute Gasteiger partial charge is 0.748 e. The summed E-state index contributed by atoms with van der Waals surface area (Å²) in [7, 11) is -3.97. The summed E-state index contributed by atoms with van der Waals surface area (Å²) in [5, 5.41) is 0. The van der Waals surface area contributed by atoms with Gasteiger partial charge < -0.3 is 4.55 Å². The molecule has 0 fully saturated rings. The van der Waals surface area contributed by atoms with Gasteiger partial charge in [0.25, 0.3) is 0 Å². The van der Waals surface area contributed by atoms with E-state index in [0.29, 0.717) is 6.42 Å². The fourth-order valence-corrected chi connectivity index (χ4v) is 1.96. The van der Waals surface area contributed by atoms with Crippen LogP contribution in [0.4, 0.5) is 0 Å². The van der Waals surface area contributed by atoms with Gasteiger partial charge in [0.2, 0.25) is 0 Å². The molecule has 0 bridgehead atoms. The van der Waals surface area contributed by atoms with Crippen LogP contribution in [-0.2, 0) is 10.1 Å². The lowest BCUT2D eigenvalue weighted by Gasteiger charge is -2.05. The molecule has 0 amide bonds. The van der Waals surface area contributed by atoms with E-state index in [2.05, 4.69) is 11.9 Å². The first kappa shape index (κ1) is 17.1. The van der Waals surface area contributed by atoms with E-state index in [4.69, 9.17) is 0 Å². The number of hydrogen-bond acceptors (Lipinski definition) is 3. The molecule has 0 atom stereocenters. The highest BCUT2D eigenvalue weighted by molar-refractivity contribution is 7.85. The Bertz CT molecular complexity index is 338. The molecule has 0 spiro atoms. The Labute approximate surface area is 110 Å². The molecule has 5 heteroatoms. The van der Waals surface area contributed by atoms with Crippen LogP contribution in [0.15, 0.2) is 30.6 Å². The molecule has 0 aliphatic rings. The zero-order chi connectivity index (χ0) is 13.7. The van der Waals surface area contributed by atoms with E-state index < -0.39 is 10.1 Å². The quantitative estimate of drug-likeness (QED) is 0.565. The summed E-state index contributed by atoms with van der Waals surface area (Å²) in [6.45, 7) is 2.13. The normalized spacial score (nSPS) is 10.6. The minimum Gasteiger partial charge on any atom is -0.748 e. The van der Waals surface area contributed by atoms with E-state index in [-0.39, 0.29) is 5.75 Å². The van der Waals surface area contributed by atoms with Crippen LogP contribution in [0, 0.1) is 0 Å². The van der Waals surface area contributed by atoms with Gasteiger partial charge in [-0.1, -0.05) is 45.1 Å². The standard InChI is InChI=1S/C8H18O3S.C5H5N/c1-2-3-4-5-6-7-8-12(9,10)11;1-2-4-6-5-3-1/h2-8H2,1H3,(H,9,10,11);1-5H. The van der Waals surface area contributed by atoms with Gasteiger partial charge >= 0.3 is 0 Å². The van der Waals surface area contributed by atoms with E-state index in [1.165, 1.54) is 12.8 Å². The first-order chi connectivity index (χ1) is 8.56. The number of aromatic nitrogens is 1. The van der Waals surface area contributed by atoms with Crippen LogP contribution in [0.1, 0.15) is 45.4 Å². The number of nitrogens with one attached hydrogen (secondary N) is 1. The van der Waals surface area contributed by atoms with Crippen LogP contribution >= 0.6 is 0 Å². The van der Waals surface area contributed by atoms with Gasteiger partial charge in [0.05, 0.1) is 10.1 Å². The van der Waals surface area contributed by atoms with E-state index in [1.54, 1.807) is 0 Å². The van der Waals surface area contributed by atoms with Crippen LogP contribution in [0.25, 0.3) is 0 Å². The average Bonchev–Trinajstić information content (AvgIpc) is 2.35. The maximum Gasteiger partial charge on any atom is 0.166 e. The molecule has 0 aliphatic heterocycles. The van der Waals surface area contributed by atoms with Crippen molar-refractivity contribution >= 4 is 10.1 Å². The Morgan fingerprint density at radius 3 is 1.89 bits per heavy atom. The average molecular weight is 273 g/mol. The van der Waals surface area contributed by atoms with Crippen molar-refractivity contribution in [2.24, 2.45) is 0 Å². The molecule has 0 radical (unpaired) electrons. The maximum atomic E-state index is 10.2. The molecule has 1 aromatic rings. The molecular weight excluding hydrogens is 250 g/mol. The third kappa shape index (κ3) is 15.1. The summed E-state index contributed by atoms with van der Waals surface area (Å²) < 4.78 is 30.5. The third-order valence-corrected chi connectivity index (χ3v) is 3.14. The molecule has 104 valence electrons. The van der Waals surface area contributed by atoms with Crippen LogP contribution in [0.5, 0.6) is 0 Å². The summed E-state index contributed by atoms with van der Waals surface area (Å²) >= 11 is 0. The second-order valence-electron chi connectivity index (χ2n) is 4.11. The van der Waals surface area contributed by atoms with Gasteiger partial charge in [0, 0.05) is 17.9 Å². The topological polar surface area (TPSA) is 71.3 Å². The predicted molar refractivity (Wildman–Crippen MR) is 70.9 cm³/mol. The van der Waals surface area contributed by atoms with Crippen molar-refractivity contribution in [2.75, 3.05) is 5.75 Å². The van der Waals surface area contributed by atoms with Crippen molar-refractivity contribution < 1.29 is 18.0 Å². The number of unbranched alkanes of at least 4 members (excludes halogenated alkanes) is 5. The molecule has 1 N–H and O–H groups in total. The van der Waals surface area contributed by atoms with Gasteiger partial charge in [-0.05, 0) is 6.42 Å². The van der Waals surface area contributed by atoms with E-state index in [9.17, 15) is 13.0 Å². The van der Waals surface area contributed by atoms with E-state index in [1.807, 2.05) is 30.6 Å². The number of aromatic amines is 1. The first-order valence-electron chi connectivity index (χ1n) is 6.41. The molecule has 18 heavy (non-hydrogen) atoms. The molecule has 0 saturated heterocycles. The van der Waals surface area contributed by atoms with Crippen molar-refractivity contribution in [3.63, 3.8) is 0 Å². The summed E-state index contributed by atoms with van der Waals surface area (Å²) in [6, 6.07) is 5.86. The zero-order valence-electron chi connectivity index (χ0n) is 11.0. The van der Waals surface area contributed by atoms with Crippen LogP contribution < -0.4 is 4.98 Å². The summed E-state index contributed by atoms with van der Waals surface area (Å²) in [5.74, 6) is -0.195. The maximum absolute atomic E-state index is 10.2. The molecule has 0 aliphatic carbocycles. The second-order valence-corrected chi connectivity index (χ2v) is 5.63. The van der Waals surface area contributed by atoms with Crippen molar-refractivity contribution in [3.05, 3.63) is 30.6 Å². The Morgan fingerprint density at radius 2 is 1.50 bits per heavy atom. The molecule has 1 aromatic heterocycles. The number of pyridine rings is 1. The highest BCUT2D eigenvalue weighted by atomic mass is 32.2. The SMILES string of the molecule is CCCCCCCCS(=O)(=O)[O-].c1cc[nH+]cc1. The Hall–Kier alpha value is -0.940. The molecule has 1 heterocycles. The summed E-state index contributed by atoms with van der Waals surface area (Å²) in [4.78, 5) is 2.89. The Morgan fingerprint density at radius 1 is 0.944 bits per heavy atom. The van der Waals surface area contributed by atoms with Crippen molar-refractivity contribution in [1.82, 2.24) is 0 Å². The van der Waals surface area contributed by atoms with Gasteiger partial charge in [-0.15, -0.1) is 0 Å². The summed E-state index contributed by atoms with van der Waals surface area (Å²) in [6.07, 6.45) is 9.71. The molecule has 4 nitrogen and oxygen atoms in total. The minimum atomic E-state index is -3.97. The van der Waals surface area contributed by atoms with Crippen molar-refractivity contribution in [2.45, 2.75) is 45.4 Å². The molecule has 0 aromatic carbocycles. The molecule has 0 saturated carbocycles. The highest BCUT2D eigenvalue weighted by Gasteiger charge is 1.94. The Kier molecular flexibility index (Phi) is 10.6. The van der Waals surface area contributed by atoms with Crippen molar-refractivity contribution in [1.29, 1.82) is 0 Å². The third-order valence-electron chi connectivity index (χ3n) is 2.36. The van der Waals surface area contributed by atoms with E-state index in [0.717, 1.165) is 19.3 Å². The lowest BCUT2D eigenvalue weighted by molar-refractivity contribution is -0.377. The molecular formula is C13H23NO3S. The fraction of sp³-hybridized carbons (Fsp3) is 0.615. The number of hydrogen-bond donors (Lipinski definition) is 0.